The molecule has 3 aliphatic rings. The molecule has 1 amide bonds. The van der Waals surface area contributed by atoms with Crippen molar-refractivity contribution in [2.45, 2.75) is 89.2 Å². The van der Waals surface area contributed by atoms with Crippen LogP contribution in [0.5, 0.6) is 5.75 Å². The molecule has 3 heterocycles. The van der Waals surface area contributed by atoms with E-state index in [1.54, 1.807) is 0 Å². The van der Waals surface area contributed by atoms with Crippen LogP contribution in [0, 0.1) is 5.92 Å². The predicted molar refractivity (Wildman–Crippen MR) is 147 cm³/mol. The maximum Gasteiger partial charge on any atom is 0.308 e. The zero-order chi connectivity index (χ0) is 26.9. The SMILES string of the molecule is CCCCN(CCCCN)C(=O)CN1C[C@H](c2ccc3c(c2)CCO3)[C@@H](C(=O)O)[C@@H]1CCC1CCCCO1. The molecule has 0 saturated carbocycles. The van der Waals surface area contributed by atoms with Gasteiger partial charge in [-0.25, -0.2) is 0 Å². The third kappa shape index (κ3) is 7.27. The molecule has 3 aliphatic heterocycles. The normalized spacial score (nSPS) is 25.2. The van der Waals surface area contributed by atoms with Crippen molar-refractivity contribution >= 4 is 11.9 Å². The van der Waals surface area contributed by atoms with Crippen LogP contribution in [0.2, 0.25) is 0 Å². The minimum atomic E-state index is -0.776. The van der Waals surface area contributed by atoms with Crippen LogP contribution in [-0.4, -0.2) is 84.9 Å². The van der Waals surface area contributed by atoms with Crippen molar-refractivity contribution in [3.8, 4) is 5.75 Å². The molecule has 8 heteroatoms. The van der Waals surface area contributed by atoms with Crippen molar-refractivity contribution in [1.82, 2.24) is 9.80 Å². The van der Waals surface area contributed by atoms with Crippen LogP contribution >= 0.6 is 0 Å². The van der Waals surface area contributed by atoms with E-state index < -0.39 is 11.9 Å². The van der Waals surface area contributed by atoms with Gasteiger partial charge in [-0.05, 0) is 75.1 Å². The van der Waals surface area contributed by atoms with E-state index in [1.165, 1.54) is 0 Å². The van der Waals surface area contributed by atoms with Gasteiger partial charge in [-0.3, -0.25) is 14.5 Å². The number of hydrogen-bond donors (Lipinski definition) is 2. The molecule has 1 aromatic rings. The number of hydrogen-bond acceptors (Lipinski definition) is 6. The molecule has 1 unspecified atom stereocenters. The minimum Gasteiger partial charge on any atom is -0.493 e. The number of amides is 1. The topological polar surface area (TPSA) is 105 Å². The lowest BCUT2D eigenvalue weighted by Gasteiger charge is -2.31. The molecule has 2 fully saturated rings. The fourth-order valence-electron chi connectivity index (χ4n) is 6.45. The lowest BCUT2D eigenvalue weighted by atomic mass is 9.82. The van der Waals surface area contributed by atoms with E-state index in [4.69, 9.17) is 15.2 Å². The molecule has 4 atom stereocenters. The fraction of sp³-hybridized carbons (Fsp3) is 0.733. The van der Waals surface area contributed by atoms with Crippen LogP contribution in [0.4, 0.5) is 0 Å². The van der Waals surface area contributed by atoms with Crippen LogP contribution in [0.3, 0.4) is 0 Å². The Balaban J connectivity index is 1.54. The van der Waals surface area contributed by atoms with E-state index in [0.29, 0.717) is 26.2 Å². The van der Waals surface area contributed by atoms with E-state index in [2.05, 4.69) is 17.9 Å². The maximum atomic E-state index is 13.6. The summed E-state index contributed by atoms with van der Waals surface area (Å²) in [5.74, 6) is -0.498. The Labute approximate surface area is 227 Å². The molecule has 0 spiro atoms. The molecule has 0 bridgehead atoms. The molecular weight excluding hydrogens is 482 g/mol. The third-order valence-electron chi connectivity index (χ3n) is 8.59. The van der Waals surface area contributed by atoms with Gasteiger partial charge in [0, 0.05) is 44.6 Å². The molecule has 0 aliphatic carbocycles. The zero-order valence-corrected chi connectivity index (χ0v) is 23.1. The van der Waals surface area contributed by atoms with Crippen LogP contribution in [0.15, 0.2) is 18.2 Å². The second-order valence-corrected chi connectivity index (χ2v) is 11.2. The number of carbonyl (C=O) groups is 2. The molecule has 38 heavy (non-hydrogen) atoms. The van der Waals surface area contributed by atoms with Crippen molar-refractivity contribution < 1.29 is 24.2 Å². The van der Waals surface area contributed by atoms with E-state index in [1.807, 2.05) is 17.0 Å². The van der Waals surface area contributed by atoms with Gasteiger partial charge in [-0.1, -0.05) is 25.5 Å². The molecule has 4 rings (SSSR count). The first-order valence-electron chi connectivity index (χ1n) is 14.8. The quantitative estimate of drug-likeness (QED) is 0.353. The first-order valence-corrected chi connectivity index (χ1v) is 14.8. The van der Waals surface area contributed by atoms with Crippen molar-refractivity contribution in [2.75, 3.05) is 45.9 Å². The zero-order valence-electron chi connectivity index (χ0n) is 23.1. The number of carbonyl (C=O) groups excluding carboxylic acids is 1. The average Bonchev–Trinajstić information content (AvgIpc) is 3.54. The number of carboxylic acids is 1. The monoisotopic (exact) mass is 529 g/mol. The highest BCUT2D eigenvalue weighted by Gasteiger charge is 2.47. The van der Waals surface area contributed by atoms with Crippen LogP contribution in [0.1, 0.15) is 81.8 Å². The van der Waals surface area contributed by atoms with Gasteiger partial charge in [0.05, 0.1) is 25.2 Å². The Bertz CT molecular complexity index is 919. The molecule has 8 nitrogen and oxygen atoms in total. The van der Waals surface area contributed by atoms with Crippen molar-refractivity contribution in [3.05, 3.63) is 29.3 Å². The Kier molecular flexibility index (Phi) is 10.8. The first kappa shape index (κ1) is 28.8. The number of likely N-dealkylation sites (tertiary alicyclic amines) is 1. The first-order chi connectivity index (χ1) is 18.5. The summed E-state index contributed by atoms with van der Waals surface area (Å²) in [5, 5.41) is 10.5. The molecular formula is C30H47N3O5. The summed E-state index contributed by atoms with van der Waals surface area (Å²) < 4.78 is 11.7. The van der Waals surface area contributed by atoms with Gasteiger partial charge in [0.15, 0.2) is 0 Å². The summed E-state index contributed by atoms with van der Waals surface area (Å²) in [4.78, 5) is 30.5. The Morgan fingerprint density at radius 3 is 2.71 bits per heavy atom. The lowest BCUT2D eigenvalue weighted by molar-refractivity contribution is -0.144. The Morgan fingerprint density at radius 1 is 1.13 bits per heavy atom. The van der Waals surface area contributed by atoms with Gasteiger partial charge >= 0.3 is 5.97 Å². The van der Waals surface area contributed by atoms with Crippen molar-refractivity contribution in [3.63, 3.8) is 0 Å². The van der Waals surface area contributed by atoms with Crippen LogP contribution in [-0.2, 0) is 20.7 Å². The minimum absolute atomic E-state index is 0.0986. The predicted octanol–water partition coefficient (Wildman–Crippen LogP) is 3.81. The van der Waals surface area contributed by atoms with E-state index in [0.717, 1.165) is 94.2 Å². The molecule has 3 N–H and O–H groups in total. The number of nitrogens with zero attached hydrogens (tertiary/aromatic N) is 2. The van der Waals surface area contributed by atoms with Gasteiger partial charge in [0.1, 0.15) is 5.75 Å². The highest BCUT2D eigenvalue weighted by atomic mass is 16.5. The standard InChI is InChI=1S/C30H47N3O5/c1-2-3-15-32(16-6-5-14-31)28(34)21-33-20-25(22-9-12-27-23(19-22)13-18-38-27)29(30(35)36)26(33)11-10-24-8-4-7-17-37-24/h9,12,19,24-26,29H,2-8,10-11,13-18,20-21,31H2,1H3,(H,35,36)/t24?,25-,26+,29-/m1/s1. The summed E-state index contributed by atoms with van der Waals surface area (Å²) in [6.45, 7) is 6.51. The number of ether oxygens (including phenoxy) is 2. The average molecular weight is 530 g/mol. The summed E-state index contributed by atoms with van der Waals surface area (Å²) >= 11 is 0. The number of aliphatic carboxylic acids is 1. The Morgan fingerprint density at radius 2 is 1.97 bits per heavy atom. The highest BCUT2D eigenvalue weighted by Crippen LogP contribution is 2.41. The van der Waals surface area contributed by atoms with Gasteiger partial charge < -0.3 is 25.2 Å². The highest BCUT2D eigenvalue weighted by molar-refractivity contribution is 5.79. The van der Waals surface area contributed by atoms with Gasteiger partial charge in [-0.15, -0.1) is 0 Å². The molecule has 1 aromatic carbocycles. The second-order valence-electron chi connectivity index (χ2n) is 11.2. The number of nitrogens with two attached hydrogens (primary N) is 1. The van der Waals surface area contributed by atoms with E-state index in [9.17, 15) is 14.7 Å². The number of rotatable bonds is 14. The van der Waals surface area contributed by atoms with Crippen molar-refractivity contribution in [2.24, 2.45) is 11.7 Å². The summed E-state index contributed by atoms with van der Waals surface area (Å²) in [5.41, 5.74) is 7.89. The Hall–Kier alpha value is -2.16. The van der Waals surface area contributed by atoms with Gasteiger partial charge in [0.2, 0.25) is 5.91 Å². The number of fused-ring (bicyclic) bond motifs is 1. The van der Waals surface area contributed by atoms with E-state index >= 15 is 0 Å². The van der Waals surface area contributed by atoms with Gasteiger partial charge in [-0.2, -0.15) is 0 Å². The largest absolute Gasteiger partial charge is 0.493 e. The number of benzene rings is 1. The summed E-state index contributed by atoms with van der Waals surface area (Å²) in [7, 11) is 0. The maximum absolute atomic E-state index is 13.6. The summed E-state index contributed by atoms with van der Waals surface area (Å²) in [6.07, 6.45) is 9.67. The smallest absolute Gasteiger partial charge is 0.308 e. The third-order valence-corrected chi connectivity index (χ3v) is 8.59. The fourth-order valence-corrected chi connectivity index (χ4v) is 6.45. The number of carboxylic acid groups (broad SMARTS) is 1. The second kappa shape index (κ2) is 14.3. The van der Waals surface area contributed by atoms with E-state index in [-0.39, 0.29) is 30.5 Å². The molecule has 2 saturated heterocycles. The van der Waals surface area contributed by atoms with Crippen LogP contribution in [0.25, 0.3) is 0 Å². The molecule has 0 aromatic heterocycles. The summed E-state index contributed by atoms with van der Waals surface area (Å²) in [6, 6.07) is 5.95. The number of unbranched alkanes of at least 4 members (excludes halogenated alkanes) is 2. The molecule has 0 radical (unpaired) electrons. The lowest BCUT2D eigenvalue weighted by Crippen LogP contribution is -2.45. The van der Waals surface area contributed by atoms with Crippen molar-refractivity contribution in [1.29, 1.82) is 0 Å². The van der Waals surface area contributed by atoms with Crippen LogP contribution < -0.4 is 10.5 Å². The molecule has 212 valence electrons. The van der Waals surface area contributed by atoms with Gasteiger partial charge in [0.25, 0.3) is 0 Å².